The van der Waals surface area contributed by atoms with E-state index in [4.69, 9.17) is 4.74 Å². The standard InChI is InChI=1S/C29H34F2N2O4S/c1-37-22-5-7-26-24(17-22)23(9-11-32-26)27(34)8-3-19-10-13-33(18-20(19)15-29(35)36)12-2-14-38-28-16-21(30)4-6-25(28)31/h4-7,9,11,16-17,19-20,27,34H,2-3,8,10,12-15,18H2,1H3,(H,35,36)/t19-,20+,27?/m1/s1. The molecule has 3 aromatic rings. The highest BCUT2D eigenvalue weighted by molar-refractivity contribution is 7.99. The lowest BCUT2D eigenvalue weighted by Gasteiger charge is -2.38. The number of hydrogen-bond donors (Lipinski definition) is 2. The first kappa shape index (κ1) is 28.3. The topological polar surface area (TPSA) is 82.9 Å². The van der Waals surface area contributed by atoms with Crippen LogP contribution in [0.2, 0.25) is 0 Å². The van der Waals surface area contributed by atoms with E-state index < -0.39 is 23.7 Å². The molecule has 6 nitrogen and oxygen atoms in total. The molecular formula is C29H34F2N2O4S. The summed E-state index contributed by atoms with van der Waals surface area (Å²) in [5, 5.41) is 21.4. The van der Waals surface area contributed by atoms with E-state index >= 15 is 0 Å². The molecule has 9 heteroatoms. The van der Waals surface area contributed by atoms with Crippen molar-refractivity contribution < 1.29 is 28.5 Å². The van der Waals surface area contributed by atoms with Gasteiger partial charge in [-0.25, -0.2) is 8.78 Å². The van der Waals surface area contributed by atoms with Crippen LogP contribution in [0.15, 0.2) is 53.6 Å². The van der Waals surface area contributed by atoms with Gasteiger partial charge in [0.15, 0.2) is 0 Å². The maximum absolute atomic E-state index is 13.8. The van der Waals surface area contributed by atoms with Crippen molar-refractivity contribution in [2.24, 2.45) is 11.8 Å². The number of fused-ring (bicyclic) bond motifs is 1. The first-order valence-electron chi connectivity index (χ1n) is 13.0. The van der Waals surface area contributed by atoms with E-state index in [0.717, 1.165) is 61.0 Å². The minimum atomic E-state index is -0.813. The number of thioether (sulfide) groups is 1. The Morgan fingerprint density at radius 2 is 2.05 bits per heavy atom. The van der Waals surface area contributed by atoms with Crippen molar-refractivity contribution in [3.05, 3.63) is 65.9 Å². The van der Waals surface area contributed by atoms with Crippen molar-refractivity contribution in [1.29, 1.82) is 0 Å². The van der Waals surface area contributed by atoms with Gasteiger partial charge < -0.3 is 19.8 Å². The van der Waals surface area contributed by atoms with Crippen molar-refractivity contribution in [2.75, 3.05) is 32.5 Å². The fourth-order valence-electron chi connectivity index (χ4n) is 5.34. The van der Waals surface area contributed by atoms with E-state index in [1.54, 1.807) is 13.3 Å². The zero-order valence-electron chi connectivity index (χ0n) is 21.5. The molecule has 0 bridgehead atoms. The van der Waals surface area contributed by atoms with Gasteiger partial charge in [0.25, 0.3) is 0 Å². The number of rotatable bonds is 12. The second-order valence-electron chi connectivity index (χ2n) is 9.86. The number of carbonyl (C=O) groups is 1. The molecule has 3 atom stereocenters. The molecule has 1 fully saturated rings. The van der Waals surface area contributed by atoms with E-state index in [9.17, 15) is 23.8 Å². The zero-order valence-corrected chi connectivity index (χ0v) is 22.3. The molecular weight excluding hydrogens is 510 g/mol. The van der Waals surface area contributed by atoms with Gasteiger partial charge in [0.05, 0.1) is 18.7 Å². The number of methoxy groups -OCH3 is 1. The zero-order chi connectivity index (χ0) is 27.1. The molecule has 2 heterocycles. The Balaban J connectivity index is 1.31. The van der Waals surface area contributed by atoms with Gasteiger partial charge in [-0.15, -0.1) is 11.8 Å². The number of carboxylic acid groups (broad SMARTS) is 1. The summed E-state index contributed by atoms with van der Waals surface area (Å²) in [5.41, 5.74) is 1.59. The number of carboxylic acids is 1. The number of aliphatic hydroxyl groups is 1. The number of piperidine rings is 1. The van der Waals surface area contributed by atoms with E-state index in [1.807, 2.05) is 24.3 Å². The minimum absolute atomic E-state index is 0.00366. The highest BCUT2D eigenvalue weighted by atomic mass is 32.2. The molecule has 0 radical (unpaired) electrons. The van der Waals surface area contributed by atoms with Crippen LogP contribution in [0.3, 0.4) is 0 Å². The fraction of sp³-hybridized carbons (Fsp3) is 0.448. The monoisotopic (exact) mass is 544 g/mol. The van der Waals surface area contributed by atoms with Crippen LogP contribution >= 0.6 is 11.8 Å². The summed E-state index contributed by atoms with van der Waals surface area (Å²) in [7, 11) is 1.60. The second-order valence-corrected chi connectivity index (χ2v) is 11.0. The predicted molar refractivity (Wildman–Crippen MR) is 144 cm³/mol. The molecule has 1 aliphatic heterocycles. The summed E-state index contributed by atoms with van der Waals surface area (Å²) in [6, 6.07) is 10.9. The number of nitrogens with zero attached hydrogens (tertiary/aromatic N) is 2. The number of benzene rings is 2. The summed E-state index contributed by atoms with van der Waals surface area (Å²) in [4.78, 5) is 18.6. The van der Waals surface area contributed by atoms with E-state index in [0.29, 0.717) is 29.4 Å². The Bertz CT molecular complexity index is 1240. The Labute approximate surface area is 226 Å². The van der Waals surface area contributed by atoms with Crippen LogP contribution in [0.25, 0.3) is 10.9 Å². The van der Waals surface area contributed by atoms with Crippen molar-refractivity contribution in [1.82, 2.24) is 9.88 Å². The smallest absolute Gasteiger partial charge is 0.303 e. The van der Waals surface area contributed by atoms with Crippen LogP contribution in [0.4, 0.5) is 8.78 Å². The van der Waals surface area contributed by atoms with Gasteiger partial charge in [-0.05, 0) is 104 Å². The Morgan fingerprint density at radius 1 is 1.21 bits per heavy atom. The summed E-state index contributed by atoms with van der Waals surface area (Å²) >= 11 is 1.30. The number of aliphatic carboxylic acids is 1. The van der Waals surface area contributed by atoms with Crippen LogP contribution in [0.1, 0.15) is 43.8 Å². The van der Waals surface area contributed by atoms with Crippen molar-refractivity contribution >= 4 is 28.6 Å². The van der Waals surface area contributed by atoms with Crippen LogP contribution in [-0.2, 0) is 4.79 Å². The summed E-state index contributed by atoms with van der Waals surface area (Å²) in [6.07, 6.45) is 4.03. The highest BCUT2D eigenvalue weighted by Gasteiger charge is 2.31. The van der Waals surface area contributed by atoms with Gasteiger partial charge in [-0.1, -0.05) is 0 Å². The summed E-state index contributed by atoms with van der Waals surface area (Å²) in [5.74, 6) is -0.124. The molecule has 1 saturated heterocycles. The van der Waals surface area contributed by atoms with Crippen molar-refractivity contribution in [3.63, 3.8) is 0 Å². The third-order valence-electron chi connectivity index (χ3n) is 7.33. The van der Waals surface area contributed by atoms with Gasteiger partial charge >= 0.3 is 5.97 Å². The molecule has 204 valence electrons. The van der Waals surface area contributed by atoms with Crippen LogP contribution in [0.5, 0.6) is 5.75 Å². The number of aromatic nitrogens is 1. The lowest BCUT2D eigenvalue weighted by molar-refractivity contribution is -0.139. The van der Waals surface area contributed by atoms with Crippen molar-refractivity contribution in [2.45, 2.75) is 43.1 Å². The number of aliphatic hydroxyl groups excluding tert-OH is 1. The molecule has 0 aliphatic carbocycles. The minimum Gasteiger partial charge on any atom is -0.497 e. The highest BCUT2D eigenvalue weighted by Crippen LogP contribution is 2.35. The largest absolute Gasteiger partial charge is 0.497 e. The molecule has 1 unspecified atom stereocenters. The maximum atomic E-state index is 13.8. The van der Waals surface area contributed by atoms with Gasteiger partial charge in [0.2, 0.25) is 0 Å². The maximum Gasteiger partial charge on any atom is 0.303 e. The number of hydrogen-bond acceptors (Lipinski definition) is 6. The Morgan fingerprint density at radius 3 is 2.84 bits per heavy atom. The third kappa shape index (κ3) is 7.42. The molecule has 2 aromatic carbocycles. The molecule has 0 saturated carbocycles. The van der Waals surface area contributed by atoms with E-state index in [1.165, 1.54) is 17.8 Å². The van der Waals surface area contributed by atoms with E-state index in [2.05, 4.69) is 9.88 Å². The first-order chi connectivity index (χ1) is 18.3. The molecule has 38 heavy (non-hydrogen) atoms. The molecule has 1 aromatic heterocycles. The molecule has 0 spiro atoms. The van der Waals surface area contributed by atoms with Gasteiger partial charge in [0.1, 0.15) is 17.4 Å². The molecule has 4 rings (SSSR count). The lowest BCUT2D eigenvalue weighted by atomic mass is 9.79. The Hall–Kier alpha value is -2.75. The number of ether oxygens (including phenoxy) is 1. The summed E-state index contributed by atoms with van der Waals surface area (Å²) in [6.45, 7) is 2.31. The van der Waals surface area contributed by atoms with Gasteiger partial charge in [-0.2, -0.15) is 0 Å². The SMILES string of the molecule is COc1ccc2nccc(C(O)CC[C@@H]3CCN(CCCSc4cc(F)ccc4F)C[C@@H]3CC(=O)O)c2c1. The van der Waals surface area contributed by atoms with Crippen molar-refractivity contribution in [3.8, 4) is 5.75 Å². The first-order valence-corrected chi connectivity index (χ1v) is 14.0. The number of likely N-dealkylation sites (tertiary alicyclic amines) is 1. The Kier molecular flexibility index (Phi) is 9.93. The average Bonchev–Trinajstić information content (AvgIpc) is 2.91. The second kappa shape index (κ2) is 13.4. The molecule has 2 N–H and O–H groups in total. The van der Waals surface area contributed by atoms with E-state index in [-0.39, 0.29) is 18.3 Å². The average molecular weight is 545 g/mol. The quantitative estimate of drug-likeness (QED) is 0.216. The fourth-order valence-corrected chi connectivity index (χ4v) is 6.24. The van der Waals surface area contributed by atoms with Crippen LogP contribution in [0, 0.1) is 23.5 Å². The molecule has 1 aliphatic rings. The summed E-state index contributed by atoms with van der Waals surface area (Å²) < 4.78 is 32.6. The predicted octanol–water partition coefficient (Wildman–Crippen LogP) is 5.93. The number of halogens is 2. The molecule has 0 amide bonds. The van der Waals surface area contributed by atoms with Gasteiger partial charge in [0, 0.05) is 29.4 Å². The van der Waals surface area contributed by atoms with Gasteiger partial charge in [-0.3, -0.25) is 9.78 Å². The number of pyridine rings is 1. The third-order valence-corrected chi connectivity index (χ3v) is 8.45. The van der Waals surface area contributed by atoms with Crippen LogP contribution < -0.4 is 4.74 Å². The normalized spacial score (nSPS) is 18.9. The lowest BCUT2D eigenvalue weighted by Crippen LogP contribution is -2.42. The van der Waals surface area contributed by atoms with Crippen LogP contribution in [-0.4, -0.2) is 58.6 Å².